The second-order valence-electron chi connectivity index (χ2n) is 17.4. The molecule has 0 aromatic rings. The number of aliphatic hydroxyl groups is 1. The van der Waals surface area contributed by atoms with E-state index in [0.29, 0.717) is 19.8 Å². The molecule has 7 nitrogen and oxygen atoms in total. The Morgan fingerprint density at radius 1 is 0.404 bits per heavy atom. The molecule has 0 aliphatic heterocycles. The van der Waals surface area contributed by atoms with Gasteiger partial charge in [0.15, 0.2) is 6.29 Å². The third kappa shape index (κ3) is 38.8. The third-order valence-corrected chi connectivity index (χ3v) is 11.7. The first-order chi connectivity index (χ1) is 27.9. The average Bonchev–Trinajstić information content (AvgIpc) is 3.20. The predicted octanol–water partition coefficient (Wildman–Crippen LogP) is 14.3. The van der Waals surface area contributed by atoms with E-state index >= 15 is 0 Å². The Morgan fingerprint density at radius 3 is 1.05 bits per heavy atom. The van der Waals surface area contributed by atoms with Crippen LogP contribution in [0.15, 0.2) is 0 Å². The van der Waals surface area contributed by atoms with E-state index in [1.807, 2.05) is 0 Å². The highest BCUT2D eigenvalue weighted by Gasteiger charge is 2.20. The Hall–Kier alpha value is -1.18. The van der Waals surface area contributed by atoms with Crippen molar-refractivity contribution in [3.8, 4) is 0 Å². The van der Waals surface area contributed by atoms with Crippen LogP contribution in [0.5, 0.6) is 0 Å². The van der Waals surface area contributed by atoms with Crippen LogP contribution in [0.3, 0.4) is 0 Å². The summed E-state index contributed by atoms with van der Waals surface area (Å²) in [5.41, 5.74) is 0. The normalized spacial score (nSPS) is 13.2. The molecule has 0 saturated heterocycles. The first kappa shape index (κ1) is 55.8. The largest absolute Gasteiger partial charge is 0.465 e. The van der Waals surface area contributed by atoms with E-state index in [-0.39, 0.29) is 23.8 Å². The summed E-state index contributed by atoms with van der Waals surface area (Å²) in [7, 11) is 0. The summed E-state index contributed by atoms with van der Waals surface area (Å²) in [6.45, 7) is 15.6. The van der Waals surface area contributed by atoms with Crippen molar-refractivity contribution in [3.05, 3.63) is 0 Å². The van der Waals surface area contributed by atoms with Crippen LogP contribution in [0.2, 0.25) is 0 Å². The van der Waals surface area contributed by atoms with Gasteiger partial charge in [-0.3, -0.25) is 9.59 Å². The number of unbranched alkanes of at least 4 members (excludes halogenated alkanes) is 23. The first-order valence-electron chi connectivity index (χ1n) is 25.2. The second-order valence-corrected chi connectivity index (χ2v) is 17.4. The Bertz CT molecular complexity index is 780. The number of carbonyl (C=O) groups is 2. The van der Waals surface area contributed by atoms with Crippen molar-refractivity contribution in [3.63, 3.8) is 0 Å². The zero-order valence-corrected chi connectivity index (χ0v) is 39.0. The highest BCUT2D eigenvalue weighted by molar-refractivity contribution is 5.72. The van der Waals surface area contributed by atoms with Crippen molar-refractivity contribution in [2.24, 2.45) is 11.8 Å². The summed E-state index contributed by atoms with van der Waals surface area (Å²) >= 11 is 0. The Balaban J connectivity index is 4.54. The van der Waals surface area contributed by atoms with Gasteiger partial charge in [0, 0.05) is 6.61 Å². The van der Waals surface area contributed by atoms with Crippen LogP contribution in [-0.2, 0) is 23.8 Å². The van der Waals surface area contributed by atoms with Gasteiger partial charge in [0.2, 0.25) is 0 Å². The van der Waals surface area contributed by atoms with Gasteiger partial charge in [-0.2, -0.15) is 0 Å². The van der Waals surface area contributed by atoms with Gasteiger partial charge in [-0.15, -0.1) is 0 Å². The van der Waals surface area contributed by atoms with Crippen LogP contribution in [0.4, 0.5) is 0 Å². The Morgan fingerprint density at radius 2 is 0.684 bits per heavy atom. The van der Waals surface area contributed by atoms with Crippen molar-refractivity contribution >= 4 is 11.9 Å². The van der Waals surface area contributed by atoms with Crippen molar-refractivity contribution < 1.29 is 28.9 Å². The molecule has 1 N–H and O–H groups in total. The number of nitrogens with zero attached hydrogens (tertiary/aromatic N) is 1. The van der Waals surface area contributed by atoms with Crippen LogP contribution >= 0.6 is 0 Å². The third-order valence-electron chi connectivity index (χ3n) is 11.7. The van der Waals surface area contributed by atoms with Gasteiger partial charge in [0.25, 0.3) is 0 Å². The number of carbonyl (C=O) groups excluding carboxylic acids is 2. The fourth-order valence-electron chi connectivity index (χ4n) is 7.93. The minimum Gasteiger partial charge on any atom is -0.465 e. The van der Waals surface area contributed by atoms with Crippen molar-refractivity contribution in [2.75, 3.05) is 39.5 Å². The lowest BCUT2D eigenvalue weighted by molar-refractivity contribution is -0.150. The van der Waals surface area contributed by atoms with Gasteiger partial charge < -0.3 is 24.2 Å². The lowest BCUT2D eigenvalue weighted by Gasteiger charge is -2.22. The van der Waals surface area contributed by atoms with E-state index in [1.165, 1.54) is 103 Å². The molecule has 0 saturated carbocycles. The number of hydrogen-bond acceptors (Lipinski definition) is 7. The van der Waals surface area contributed by atoms with Gasteiger partial charge >= 0.3 is 11.9 Å². The molecule has 0 rings (SSSR count). The molecular formula is C50H99NO6. The second kappa shape index (κ2) is 44.4. The number of aliphatic hydroxyl groups excluding tert-OH is 1. The molecule has 0 fully saturated rings. The fourth-order valence-corrected chi connectivity index (χ4v) is 7.93. The number of hydrogen-bond donors (Lipinski definition) is 1. The van der Waals surface area contributed by atoms with Crippen molar-refractivity contribution in [1.82, 2.24) is 4.90 Å². The first-order valence-corrected chi connectivity index (χ1v) is 25.2. The van der Waals surface area contributed by atoms with Gasteiger partial charge in [0.1, 0.15) is 0 Å². The maximum absolute atomic E-state index is 13.0. The van der Waals surface area contributed by atoms with Crippen molar-refractivity contribution in [2.45, 2.75) is 259 Å². The molecule has 0 aliphatic rings. The molecule has 57 heavy (non-hydrogen) atoms. The molecule has 0 aromatic heterocycles. The standard InChI is InChI=1S/C50H99NO6/c1-6-10-14-18-20-28-38-47(36-26-16-12-8-3)49(53)56-44-33-24-22-30-40-51(42-32-35-43-55-46(5)52)41-31-23-25-34-45-57-50(54)48(37-27-17-13-9-4)39-29-21-19-15-11-7-2/h46-48,52H,6-45H2,1-5H3. The van der Waals surface area contributed by atoms with Crippen LogP contribution in [-0.4, -0.2) is 67.7 Å². The van der Waals surface area contributed by atoms with Gasteiger partial charge in [0.05, 0.1) is 25.0 Å². The van der Waals surface area contributed by atoms with E-state index in [0.717, 1.165) is 135 Å². The molecule has 0 amide bonds. The topological polar surface area (TPSA) is 85.3 Å². The SMILES string of the molecule is CCCCCCCCC(CCCCCC)C(=O)OCCCCCCN(CCCCCCOC(=O)C(CCCCCC)CCCCCCCC)CCCCOC(C)O. The van der Waals surface area contributed by atoms with E-state index in [1.54, 1.807) is 6.92 Å². The maximum Gasteiger partial charge on any atom is 0.308 e. The molecule has 0 heterocycles. The Kier molecular flexibility index (Phi) is 43.5. The van der Waals surface area contributed by atoms with E-state index in [2.05, 4.69) is 32.6 Å². The van der Waals surface area contributed by atoms with Gasteiger partial charge in [-0.1, -0.05) is 182 Å². The van der Waals surface area contributed by atoms with E-state index < -0.39 is 6.29 Å². The van der Waals surface area contributed by atoms with E-state index in [4.69, 9.17) is 14.2 Å². The molecular weight excluding hydrogens is 711 g/mol. The number of esters is 2. The van der Waals surface area contributed by atoms with Crippen LogP contribution in [0.1, 0.15) is 253 Å². The highest BCUT2D eigenvalue weighted by atomic mass is 16.6. The fraction of sp³-hybridized carbons (Fsp3) is 0.960. The molecule has 3 unspecified atom stereocenters. The molecule has 340 valence electrons. The number of rotatable bonds is 46. The molecule has 0 bridgehead atoms. The minimum atomic E-state index is -0.700. The van der Waals surface area contributed by atoms with Gasteiger partial charge in [-0.25, -0.2) is 0 Å². The molecule has 7 heteroatoms. The van der Waals surface area contributed by atoms with E-state index in [9.17, 15) is 14.7 Å². The summed E-state index contributed by atoms with van der Waals surface area (Å²) in [5.74, 6) is 0.267. The molecule has 3 atom stereocenters. The summed E-state index contributed by atoms with van der Waals surface area (Å²) < 4.78 is 17.0. The molecule has 0 spiro atoms. The zero-order valence-electron chi connectivity index (χ0n) is 39.0. The maximum atomic E-state index is 13.0. The summed E-state index contributed by atoms with van der Waals surface area (Å²) in [6, 6.07) is 0. The van der Waals surface area contributed by atoms with Crippen molar-refractivity contribution in [1.29, 1.82) is 0 Å². The van der Waals surface area contributed by atoms with Crippen LogP contribution in [0, 0.1) is 11.8 Å². The Labute approximate surface area is 355 Å². The molecule has 0 radical (unpaired) electrons. The predicted molar refractivity (Wildman–Crippen MR) is 243 cm³/mol. The summed E-state index contributed by atoms with van der Waals surface area (Å²) in [4.78, 5) is 28.6. The van der Waals surface area contributed by atoms with Gasteiger partial charge in [-0.05, 0) is 90.8 Å². The lowest BCUT2D eigenvalue weighted by atomic mass is 9.94. The molecule has 0 aliphatic carbocycles. The zero-order chi connectivity index (χ0) is 41.9. The summed E-state index contributed by atoms with van der Waals surface area (Å²) in [5, 5.41) is 9.44. The lowest BCUT2D eigenvalue weighted by Crippen LogP contribution is -2.27. The van der Waals surface area contributed by atoms with Crippen LogP contribution in [0.25, 0.3) is 0 Å². The average molecular weight is 810 g/mol. The monoisotopic (exact) mass is 810 g/mol. The minimum absolute atomic E-state index is 0.0504. The highest BCUT2D eigenvalue weighted by Crippen LogP contribution is 2.22. The quantitative estimate of drug-likeness (QED) is 0.0372. The summed E-state index contributed by atoms with van der Waals surface area (Å²) in [6.07, 6.45) is 38.8. The number of ether oxygens (including phenoxy) is 3. The smallest absolute Gasteiger partial charge is 0.308 e. The van der Waals surface area contributed by atoms with Crippen LogP contribution < -0.4 is 0 Å². The molecule has 0 aromatic carbocycles.